The average molecular weight is 440 g/mol. The highest BCUT2D eigenvalue weighted by Gasteiger charge is 2.32. The fourth-order valence-electron chi connectivity index (χ4n) is 4.72. The van der Waals surface area contributed by atoms with Crippen molar-refractivity contribution in [2.45, 2.75) is 25.4 Å². The van der Waals surface area contributed by atoms with Gasteiger partial charge in [-0.2, -0.15) is 5.10 Å². The molecule has 31 heavy (non-hydrogen) atoms. The van der Waals surface area contributed by atoms with Gasteiger partial charge in [0, 0.05) is 50.7 Å². The number of aromatic nitrogens is 3. The number of fused-ring (bicyclic) bond motifs is 4. The van der Waals surface area contributed by atoms with Crippen molar-refractivity contribution in [1.29, 1.82) is 0 Å². The number of benzene rings is 1. The Morgan fingerprint density at radius 3 is 2.90 bits per heavy atom. The van der Waals surface area contributed by atoms with Crippen LogP contribution in [0.1, 0.15) is 34.0 Å². The van der Waals surface area contributed by atoms with E-state index in [9.17, 15) is 9.59 Å². The Hall–Kier alpha value is -2.90. The number of hydrogen-bond acceptors (Lipinski definition) is 4. The van der Waals surface area contributed by atoms with Crippen LogP contribution in [0.15, 0.2) is 59.7 Å². The van der Waals surface area contributed by atoms with Gasteiger partial charge in [-0.3, -0.25) is 9.59 Å². The summed E-state index contributed by atoms with van der Waals surface area (Å²) in [6.07, 6.45) is 4.73. The Morgan fingerprint density at radius 2 is 2.10 bits per heavy atom. The maximum Gasteiger partial charge on any atom is 0.263 e. The zero-order valence-corrected chi connectivity index (χ0v) is 18.2. The maximum absolute atomic E-state index is 13.1. The molecule has 0 radical (unpaired) electrons. The number of halogens is 1. The Bertz CT molecular complexity index is 1140. The van der Waals surface area contributed by atoms with Crippen molar-refractivity contribution >= 4 is 18.3 Å². The van der Waals surface area contributed by atoms with Gasteiger partial charge in [0.2, 0.25) is 0 Å². The lowest BCUT2D eigenvalue weighted by atomic mass is 9.84. The van der Waals surface area contributed by atoms with Crippen LogP contribution in [-0.4, -0.2) is 45.3 Å². The number of carbonyl (C=O) groups excluding carboxylic acids is 1. The number of piperidine rings is 1. The third-order valence-electron chi connectivity index (χ3n) is 6.19. The number of rotatable bonds is 4. The van der Waals surface area contributed by atoms with Crippen molar-refractivity contribution in [2.75, 3.05) is 20.1 Å². The monoisotopic (exact) mass is 439 g/mol. The largest absolute Gasteiger partial charge is 0.337 e. The molecule has 1 fully saturated rings. The van der Waals surface area contributed by atoms with Crippen LogP contribution in [0.5, 0.6) is 0 Å². The van der Waals surface area contributed by atoms with Crippen LogP contribution in [0.25, 0.3) is 5.69 Å². The summed E-state index contributed by atoms with van der Waals surface area (Å²) in [4.78, 5) is 27.8. The summed E-state index contributed by atoms with van der Waals surface area (Å²) in [6.45, 7) is 2.95. The first kappa shape index (κ1) is 21.3. The molecule has 2 aliphatic rings. The van der Waals surface area contributed by atoms with E-state index in [1.54, 1.807) is 28.9 Å². The van der Waals surface area contributed by atoms with Crippen molar-refractivity contribution in [3.8, 4) is 5.69 Å². The zero-order valence-electron chi connectivity index (χ0n) is 17.4. The predicted molar refractivity (Wildman–Crippen MR) is 121 cm³/mol. The molecule has 2 atom stereocenters. The molecule has 1 N–H and O–H groups in total. The van der Waals surface area contributed by atoms with Crippen LogP contribution < -0.4 is 10.9 Å². The molecule has 0 spiro atoms. The fourth-order valence-corrected chi connectivity index (χ4v) is 4.72. The Morgan fingerprint density at radius 1 is 1.23 bits per heavy atom. The van der Waals surface area contributed by atoms with Gasteiger partial charge >= 0.3 is 0 Å². The lowest BCUT2D eigenvalue weighted by Gasteiger charge is -2.37. The molecule has 0 unspecified atom stereocenters. The van der Waals surface area contributed by atoms with Gasteiger partial charge in [0.05, 0.1) is 5.69 Å². The van der Waals surface area contributed by atoms with Crippen LogP contribution in [0.2, 0.25) is 0 Å². The molecule has 1 saturated heterocycles. The van der Waals surface area contributed by atoms with Gasteiger partial charge in [-0.1, -0.05) is 12.1 Å². The third-order valence-corrected chi connectivity index (χ3v) is 6.19. The number of amides is 1. The Kier molecular flexibility index (Phi) is 5.98. The lowest BCUT2D eigenvalue weighted by molar-refractivity contribution is 0.0782. The van der Waals surface area contributed by atoms with Gasteiger partial charge in [0.1, 0.15) is 5.56 Å². The summed E-state index contributed by atoms with van der Waals surface area (Å²) in [5, 5.41) is 7.70. The summed E-state index contributed by atoms with van der Waals surface area (Å²) in [6, 6.07) is 13.5. The number of nitrogens with zero attached hydrogens (tertiary/aromatic N) is 4. The molecular weight excluding hydrogens is 414 g/mol. The van der Waals surface area contributed by atoms with Crippen LogP contribution in [0.3, 0.4) is 0 Å². The van der Waals surface area contributed by atoms with E-state index in [4.69, 9.17) is 0 Å². The maximum atomic E-state index is 13.1. The molecule has 3 aromatic rings. The topological polar surface area (TPSA) is 72.2 Å². The third kappa shape index (κ3) is 4.03. The van der Waals surface area contributed by atoms with E-state index < -0.39 is 0 Å². The van der Waals surface area contributed by atoms with Gasteiger partial charge in [-0.05, 0) is 54.8 Å². The van der Waals surface area contributed by atoms with Crippen molar-refractivity contribution in [3.05, 3.63) is 82.0 Å². The van der Waals surface area contributed by atoms with Crippen molar-refractivity contribution in [3.63, 3.8) is 0 Å². The minimum atomic E-state index is -0.242. The predicted octanol–water partition coefficient (Wildman–Crippen LogP) is 2.43. The number of nitrogens with one attached hydrogen (secondary N) is 1. The minimum absolute atomic E-state index is 0. The molecule has 8 heteroatoms. The number of pyridine rings is 1. The molecule has 2 aliphatic heterocycles. The molecule has 7 nitrogen and oxygen atoms in total. The molecule has 2 bridgehead atoms. The second-order valence-corrected chi connectivity index (χ2v) is 8.33. The number of carbonyl (C=O) groups is 1. The van der Waals surface area contributed by atoms with Crippen molar-refractivity contribution < 1.29 is 4.79 Å². The van der Waals surface area contributed by atoms with E-state index in [-0.39, 0.29) is 29.4 Å². The van der Waals surface area contributed by atoms with E-state index in [0.717, 1.165) is 36.5 Å². The lowest BCUT2D eigenvalue weighted by Crippen LogP contribution is -2.46. The summed E-state index contributed by atoms with van der Waals surface area (Å²) < 4.78 is 3.62. The summed E-state index contributed by atoms with van der Waals surface area (Å²) in [5.41, 5.74) is 3.06. The van der Waals surface area contributed by atoms with Crippen LogP contribution in [-0.2, 0) is 13.1 Å². The standard InChI is InChI=1S/C23H25N5O2.ClH/c1-26(14-16-4-2-5-19(11-16)28-9-3-8-25-28)22(29)20-6-7-21-18-10-17(12-24-13-18)15-27(21)23(20)30;/h2-9,11,17-18,24H,10,12-15H2,1H3;1H/t17-,18+;/m0./s1. The van der Waals surface area contributed by atoms with Crippen LogP contribution >= 0.6 is 12.4 Å². The normalized spacial score (nSPS) is 19.3. The highest BCUT2D eigenvalue weighted by Crippen LogP contribution is 2.31. The summed E-state index contributed by atoms with van der Waals surface area (Å²) in [5.74, 6) is 0.577. The van der Waals surface area contributed by atoms with Gasteiger partial charge < -0.3 is 14.8 Å². The van der Waals surface area contributed by atoms with E-state index >= 15 is 0 Å². The van der Waals surface area contributed by atoms with E-state index in [0.29, 0.717) is 24.9 Å². The molecule has 162 valence electrons. The van der Waals surface area contributed by atoms with Gasteiger partial charge in [0.25, 0.3) is 11.5 Å². The molecule has 1 amide bonds. The van der Waals surface area contributed by atoms with Gasteiger partial charge in [0.15, 0.2) is 0 Å². The summed E-state index contributed by atoms with van der Waals surface area (Å²) >= 11 is 0. The zero-order chi connectivity index (χ0) is 20.7. The second-order valence-electron chi connectivity index (χ2n) is 8.33. The Labute approximate surface area is 187 Å². The molecule has 0 saturated carbocycles. The molecule has 2 aromatic heterocycles. The SMILES string of the molecule is CN(Cc1cccc(-n2cccn2)c1)C(=O)c1ccc2n(c1=O)C[C@@H]1CNC[C@H]2C1.Cl. The minimum Gasteiger partial charge on any atom is -0.337 e. The van der Waals surface area contributed by atoms with E-state index in [1.165, 1.54) is 0 Å². The van der Waals surface area contributed by atoms with E-state index in [1.807, 2.05) is 47.2 Å². The average Bonchev–Trinajstić information content (AvgIpc) is 3.30. The Balaban J connectivity index is 0.00000231. The van der Waals surface area contributed by atoms with Gasteiger partial charge in [-0.25, -0.2) is 4.68 Å². The van der Waals surface area contributed by atoms with Crippen LogP contribution in [0, 0.1) is 5.92 Å². The summed E-state index contributed by atoms with van der Waals surface area (Å²) in [7, 11) is 1.74. The quantitative estimate of drug-likeness (QED) is 0.677. The molecule has 4 heterocycles. The van der Waals surface area contributed by atoms with Gasteiger partial charge in [-0.15, -0.1) is 12.4 Å². The molecule has 5 rings (SSSR count). The smallest absolute Gasteiger partial charge is 0.263 e. The molecule has 0 aliphatic carbocycles. The van der Waals surface area contributed by atoms with Crippen molar-refractivity contribution in [1.82, 2.24) is 24.6 Å². The molecule has 1 aromatic carbocycles. The highest BCUT2D eigenvalue weighted by atomic mass is 35.5. The highest BCUT2D eigenvalue weighted by molar-refractivity contribution is 5.93. The first-order valence-corrected chi connectivity index (χ1v) is 10.4. The molecular formula is C23H26ClN5O2. The van der Waals surface area contributed by atoms with Crippen LogP contribution in [0.4, 0.5) is 0 Å². The van der Waals surface area contributed by atoms with E-state index in [2.05, 4.69) is 10.4 Å². The second kappa shape index (κ2) is 8.69. The first-order valence-electron chi connectivity index (χ1n) is 10.4. The number of hydrogen-bond donors (Lipinski definition) is 1. The first-order chi connectivity index (χ1) is 14.6. The fraction of sp³-hybridized carbons (Fsp3) is 0.348. The van der Waals surface area contributed by atoms with Crippen molar-refractivity contribution in [2.24, 2.45) is 5.92 Å².